The number of hydrogen-bond donors (Lipinski definition) is 2. The molecule has 186 valence electrons. The first-order chi connectivity index (χ1) is 16.6. The maximum Gasteiger partial charge on any atom is 0.351 e. The third kappa shape index (κ3) is 5.52. The summed E-state index contributed by atoms with van der Waals surface area (Å²) < 4.78 is 3.45. The zero-order valence-corrected chi connectivity index (χ0v) is 20.7. The van der Waals surface area contributed by atoms with Crippen molar-refractivity contribution in [2.24, 2.45) is 5.92 Å². The number of carboxylic acid groups (broad SMARTS) is 1. The molecule has 1 aromatic heterocycles. The average molecular weight is 497 g/mol. The van der Waals surface area contributed by atoms with Gasteiger partial charge in [-0.2, -0.15) is 0 Å². The number of hydrogen-bond acceptors (Lipinski definition) is 4. The fourth-order valence-corrected chi connectivity index (χ4v) is 5.43. The van der Waals surface area contributed by atoms with E-state index >= 15 is 0 Å². The summed E-state index contributed by atoms with van der Waals surface area (Å²) in [7, 11) is 0. The third-order valence-electron chi connectivity index (χ3n) is 7.35. The summed E-state index contributed by atoms with van der Waals surface area (Å²) in [5.74, 6) is 0.350. The maximum absolute atomic E-state index is 13.8. The Morgan fingerprint density at radius 2 is 1.71 bits per heavy atom. The van der Waals surface area contributed by atoms with Gasteiger partial charge in [-0.3, -0.25) is 4.79 Å². The second-order valence-electron chi connectivity index (χ2n) is 9.56. The van der Waals surface area contributed by atoms with Gasteiger partial charge in [0.1, 0.15) is 0 Å². The van der Waals surface area contributed by atoms with Gasteiger partial charge in [0.2, 0.25) is 0 Å². The molecule has 1 fully saturated rings. The van der Waals surface area contributed by atoms with Crippen LogP contribution < -0.4 is 11.0 Å². The van der Waals surface area contributed by atoms with Crippen molar-refractivity contribution in [3.05, 3.63) is 70.1 Å². The van der Waals surface area contributed by atoms with Crippen LogP contribution in [-0.2, 0) is 17.6 Å². The van der Waals surface area contributed by atoms with E-state index in [0.717, 1.165) is 62.9 Å². The lowest BCUT2D eigenvalue weighted by atomic mass is 9.83. The Morgan fingerprint density at radius 3 is 2.43 bits per heavy atom. The molecule has 2 N–H and O–H groups in total. The molecule has 0 saturated heterocycles. The predicted molar refractivity (Wildman–Crippen MR) is 139 cm³/mol. The van der Waals surface area contributed by atoms with Crippen LogP contribution in [0.2, 0.25) is 0 Å². The number of nitrogens with one attached hydrogen (secondary N) is 1. The Hall–Kier alpha value is -2.90. The molecule has 8 heteroatoms. The summed E-state index contributed by atoms with van der Waals surface area (Å²) in [6, 6.07) is 16.3. The quantitative estimate of drug-likeness (QED) is 0.527. The summed E-state index contributed by atoms with van der Waals surface area (Å²) in [5.41, 5.74) is 4.32. The van der Waals surface area contributed by atoms with E-state index in [1.807, 2.05) is 36.4 Å². The molecule has 35 heavy (non-hydrogen) atoms. The number of aromatic nitrogens is 3. The molecule has 0 atom stereocenters. The molecule has 0 bridgehead atoms. The normalized spacial score (nSPS) is 19.9. The minimum absolute atomic E-state index is 0. The predicted octanol–water partition coefficient (Wildman–Crippen LogP) is 4.41. The van der Waals surface area contributed by atoms with Crippen molar-refractivity contribution in [1.82, 2.24) is 19.7 Å². The number of nitrogens with zero attached hydrogens (tertiary/aromatic N) is 3. The fourth-order valence-electron chi connectivity index (χ4n) is 5.43. The molecule has 3 aromatic rings. The van der Waals surface area contributed by atoms with Crippen LogP contribution in [0.3, 0.4) is 0 Å². The van der Waals surface area contributed by atoms with Gasteiger partial charge >= 0.3 is 11.7 Å². The number of carboxylic acids is 1. The second-order valence-corrected chi connectivity index (χ2v) is 9.56. The van der Waals surface area contributed by atoms with Crippen LogP contribution in [0, 0.1) is 5.92 Å². The number of carbonyl (C=O) groups is 1. The molecule has 2 heterocycles. The van der Waals surface area contributed by atoms with Gasteiger partial charge in [-0.15, -0.1) is 17.5 Å². The van der Waals surface area contributed by atoms with Crippen LogP contribution >= 0.6 is 12.4 Å². The van der Waals surface area contributed by atoms with Crippen LogP contribution in [0.1, 0.15) is 55.7 Å². The molecule has 1 aliphatic heterocycles. The Kier molecular flexibility index (Phi) is 8.08. The lowest BCUT2D eigenvalue weighted by Crippen LogP contribution is -2.30. The molecule has 5 rings (SSSR count). The van der Waals surface area contributed by atoms with Crippen molar-refractivity contribution in [3.8, 4) is 17.1 Å². The maximum atomic E-state index is 13.8. The average Bonchev–Trinajstić information content (AvgIpc) is 3.03. The fraction of sp³-hybridized carbons (Fsp3) is 0.444. The summed E-state index contributed by atoms with van der Waals surface area (Å²) in [5, 5.41) is 17.3. The lowest BCUT2D eigenvalue weighted by Gasteiger charge is -2.27. The Morgan fingerprint density at radius 1 is 1.00 bits per heavy atom. The first-order valence-electron chi connectivity index (χ1n) is 12.4. The van der Waals surface area contributed by atoms with Gasteiger partial charge in [0.25, 0.3) is 0 Å². The molecule has 0 amide bonds. The van der Waals surface area contributed by atoms with E-state index in [-0.39, 0.29) is 30.6 Å². The van der Waals surface area contributed by atoms with Crippen LogP contribution in [0.15, 0.2) is 53.3 Å². The smallest absolute Gasteiger partial charge is 0.351 e. The van der Waals surface area contributed by atoms with Gasteiger partial charge in [0.05, 0.1) is 11.7 Å². The van der Waals surface area contributed by atoms with Crippen LogP contribution in [-0.4, -0.2) is 38.5 Å². The van der Waals surface area contributed by atoms with Crippen LogP contribution in [0.5, 0.6) is 0 Å². The molecule has 1 aliphatic carbocycles. The molecule has 7 nitrogen and oxygen atoms in total. The van der Waals surface area contributed by atoms with E-state index in [1.54, 1.807) is 9.25 Å². The van der Waals surface area contributed by atoms with Crippen molar-refractivity contribution in [2.45, 2.75) is 57.4 Å². The summed E-state index contributed by atoms with van der Waals surface area (Å²) in [6.45, 7) is 1.93. The van der Waals surface area contributed by atoms with E-state index in [4.69, 9.17) is 10.2 Å². The highest BCUT2D eigenvalue weighted by Gasteiger charge is 2.27. The van der Waals surface area contributed by atoms with Gasteiger partial charge < -0.3 is 10.4 Å². The summed E-state index contributed by atoms with van der Waals surface area (Å²) in [4.78, 5) is 24.7. The van der Waals surface area contributed by atoms with Crippen LogP contribution in [0.25, 0.3) is 17.1 Å². The molecular weight excluding hydrogens is 464 g/mol. The molecule has 0 spiro atoms. The van der Waals surface area contributed by atoms with Crippen molar-refractivity contribution in [2.75, 3.05) is 13.1 Å². The van der Waals surface area contributed by atoms with Gasteiger partial charge in [-0.1, -0.05) is 36.4 Å². The lowest BCUT2D eigenvalue weighted by molar-refractivity contribution is -0.137. The molecule has 0 unspecified atom stereocenters. The minimum Gasteiger partial charge on any atom is -0.481 e. The summed E-state index contributed by atoms with van der Waals surface area (Å²) >= 11 is 0. The van der Waals surface area contributed by atoms with E-state index < -0.39 is 5.97 Å². The highest BCUT2D eigenvalue weighted by molar-refractivity contribution is 5.85. The second kappa shape index (κ2) is 11.2. The van der Waals surface area contributed by atoms with E-state index in [2.05, 4.69) is 17.4 Å². The van der Waals surface area contributed by atoms with E-state index in [0.29, 0.717) is 18.2 Å². The third-order valence-corrected chi connectivity index (χ3v) is 7.35. The zero-order chi connectivity index (χ0) is 23.5. The molecule has 1 saturated carbocycles. The van der Waals surface area contributed by atoms with Crippen LogP contribution in [0.4, 0.5) is 0 Å². The van der Waals surface area contributed by atoms with Gasteiger partial charge in [-0.25, -0.2) is 14.0 Å². The Bertz CT molecular complexity index is 1210. The van der Waals surface area contributed by atoms with Crippen molar-refractivity contribution >= 4 is 18.4 Å². The zero-order valence-electron chi connectivity index (χ0n) is 19.9. The van der Waals surface area contributed by atoms with E-state index in [1.165, 1.54) is 11.1 Å². The largest absolute Gasteiger partial charge is 0.481 e. The van der Waals surface area contributed by atoms with Gasteiger partial charge in [0.15, 0.2) is 5.82 Å². The molecular formula is C27H33ClN4O3. The molecule has 2 aromatic carbocycles. The monoisotopic (exact) mass is 496 g/mol. The SMILES string of the molecule is Cl.O=C(O)CCC1CCC(n2nc(-c3ccccc3)n(-c3ccc4c(c3)CCNCC4)c2=O)CC1. The Balaban J connectivity index is 0.00000289. The number of fused-ring (bicyclic) bond motifs is 1. The highest BCUT2D eigenvalue weighted by Crippen LogP contribution is 2.34. The number of rotatable bonds is 6. The minimum atomic E-state index is -0.735. The number of aliphatic carboxylic acids is 1. The highest BCUT2D eigenvalue weighted by atomic mass is 35.5. The number of benzene rings is 2. The molecule has 0 radical (unpaired) electrons. The van der Waals surface area contributed by atoms with E-state index in [9.17, 15) is 9.59 Å². The first-order valence-corrected chi connectivity index (χ1v) is 12.4. The standard InChI is InChI=1S/C27H32N4O3.ClH/c32-25(33)13-8-19-6-10-23(11-7-19)31-27(34)30(26(29-31)21-4-2-1-3-5-21)24-12-9-20-14-16-28-17-15-22(20)18-24;/h1-5,9,12,18-19,23,28H,6-8,10-11,13-17H2,(H,32,33);1H. The Labute approximate surface area is 211 Å². The van der Waals surface area contributed by atoms with Gasteiger partial charge in [-0.05, 0) is 87.2 Å². The summed E-state index contributed by atoms with van der Waals surface area (Å²) in [6.07, 6.45) is 6.46. The van der Waals surface area contributed by atoms with Crippen molar-refractivity contribution in [1.29, 1.82) is 0 Å². The van der Waals surface area contributed by atoms with Crippen molar-refractivity contribution < 1.29 is 9.90 Å². The van der Waals surface area contributed by atoms with Gasteiger partial charge in [0, 0.05) is 12.0 Å². The topological polar surface area (TPSA) is 89.2 Å². The first kappa shape index (κ1) is 25.2. The number of halogens is 1. The molecule has 2 aliphatic rings. The van der Waals surface area contributed by atoms with Crippen molar-refractivity contribution in [3.63, 3.8) is 0 Å².